The molecule has 0 spiro atoms. The van der Waals surface area contributed by atoms with Crippen LogP contribution in [0.15, 0.2) is 28.8 Å². The van der Waals surface area contributed by atoms with E-state index in [0.717, 1.165) is 68.7 Å². The molecule has 0 bridgehead atoms. The van der Waals surface area contributed by atoms with Crippen molar-refractivity contribution in [2.24, 2.45) is 0 Å². The number of aromatic nitrogens is 1. The van der Waals surface area contributed by atoms with E-state index in [1.165, 1.54) is 11.3 Å². The van der Waals surface area contributed by atoms with Crippen LogP contribution in [-0.4, -0.2) is 49.3 Å². The third kappa shape index (κ3) is 4.97. The minimum atomic E-state index is 0.810. The number of piperazine rings is 1. The zero-order valence-electron chi connectivity index (χ0n) is 15.1. The van der Waals surface area contributed by atoms with Crippen LogP contribution in [0, 0.1) is 13.8 Å². The highest BCUT2D eigenvalue weighted by Crippen LogP contribution is 2.20. The van der Waals surface area contributed by atoms with Crippen molar-refractivity contribution in [3.05, 3.63) is 46.3 Å². The van der Waals surface area contributed by atoms with Gasteiger partial charge in [0, 0.05) is 49.0 Å². The predicted molar refractivity (Wildman–Crippen MR) is 102 cm³/mol. The van der Waals surface area contributed by atoms with Gasteiger partial charge in [0.1, 0.15) is 5.76 Å². The van der Waals surface area contributed by atoms with Gasteiger partial charge in [-0.25, -0.2) is 0 Å². The normalized spacial score (nSPS) is 15.7. The van der Waals surface area contributed by atoms with E-state index in [-0.39, 0.29) is 0 Å². The molecule has 2 aromatic rings. The monoisotopic (exact) mass is 362 g/mol. The van der Waals surface area contributed by atoms with E-state index >= 15 is 0 Å². The Morgan fingerprint density at radius 3 is 2.68 bits per heavy atom. The molecule has 0 aliphatic carbocycles. The van der Waals surface area contributed by atoms with E-state index in [1.54, 1.807) is 0 Å². The summed E-state index contributed by atoms with van der Waals surface area (Å²) in [5, 5.41) is 8.30. The van der Waals surface area contributed by atoms with E-state index in [9.17, 15) is 0 Å². The molecule has 0 saturated carbocycles. The van der Waals surface area contributed by atoms with Crippen molar-refractivity contribution in [3.8, 4) is 0 Å². The van der Waals surface area contributed by atoms with Crippen LogP contribution in [0.25, 0.3) is 0 Å². The standard InChI is InChI=1S/C19H27ClN4O/c1-15-19(16(2)25-22-15)14-21-7-4-8-23-9-11-24(12-10-23)18-6-3-5-17(20)13-18/h3,5-6,13,21H,4,7-12,14H2,1-2H3. The molecule has 1 aliphatic heterocycles. The van der Waals surface area contributed by atoms with Gasteiger partial charge in [-0.05, 0) is 51.6 Å². The van der Waals surface area contributed by atoms with Crippen molar-refractivity contribution >= 4 is 17.3 Å². The Bertz CT molecular complexity index is 660. The molecule has 0 amide bonds. The second-order valence-corrected chi connectivity index (χ2v) is 7.08. The number of aryl methyl sites for hydroxylation is 2. The summed E-state index contributed by atoms with van der Waals surface area (Å²) in [5.41, 5.74) is 3.41. The van der Waals surface area contributed by atoms with Crippen molar-refractivity contribution in [1.82, 2.24) is 15.4 Å². The topological polar surface area (TPSA) is 44.5 Å². The van der Waals surface area contributed by atoms with Crippen LogP contribution in [0.2, 0.25) is 5.02 Å². The maximum Gasteiger partial charge on any atom is 0.138 e. The zero-order valence-corrected chi connectivity index (χ0v) is 15.9. The molecule has 2 heterocycles. The Balaban J connectivity index is 1.33. The van der Waals surface area contributed by atoms with Gasteiger partial charge >= 0.3 is 0 Å². The number of hydrogen-bond acceptors (Lipinski definition) is 5. The lowest BCUT2D eigenvalue weighted by molar-refractivity contribution is 0.254. The largest absolute Gasteiger partial charge is 0.369 e. The molecule has 1 fully saturated rings. The number of anilines is 1. The molecule has 1 saturated heterocycles. The lowest BCUT2D eigenvalue weighted by Gasteiger charge is -2.36. The van der Waals surface area contributed by atoms with Gasteiger partial charge in [0.15, 0.2) is 0 Å². The van der Waals surface area contributed by atoms with Gasteiger partial charge in [-0.2, -0.15) is 0 Å². The van der Waals surface area contributed by atoms with Gasteiger partial charge < -0.3 is 14.7 Å². The molecule has 1 N–H and O–H groups in total. The molecular weight excluding hydrogens is 336 g/mol. The molecule has 1 aromatic heterocycles. The first-order valence-electron chi connectivity index (χ1n) is 8.99. The average Bonchev–Trinajstić information content (AvgIpc) is 2.94. The molecule has 0 radical (unpaired) electrons. The fourth-order valence-electron chi connectivity index (χ4n) is 3.30. The summed E-state index contributed by atoms with van der Waals surface area (Å²) in [5.74, 6) is 0.919. The highest BCUT2D eigenvalue weighted by Gasteiger charge is 2.17. The first-order chi connectivity index (χ1) is 12.1. The first-order valence-corrected chi connectivity index (χ1v) is 9.36. The fourth-order valence-corrected chi connectivity index (χ4v) is 3.48. The van der Waals surface area contributed by atoms with Gasteiger partial charge in [-0.1, -0.05) is 22.8 Å². The van der Waals surface area contributed by atoms with Gasteiger partial charge in [-0.15, -0.1) is 0 Å². The number of benzene rings is 1. The number of halogens is 1. The molecule has 1 aliphatic rings. The Morgan fingerprint density at radius 2 is 2.00 bits per heavy atom. The van der Waals surface area contributed by atoms with E-state index < -0.39 is 0 Å². The Hall–Kier alpha value is -1.56. The molecular formula is C19H27ClN4O. The van der Waals surface area contributed by atoms with Crippen LogP contribution in [0.3, 0.4) is 0 Å². The van der Waals surface area contributed by atoms with Crippen LogP contribution < -0.4 is 10.2 Å². The first kappa shape index (κ1) is 18.2. The number of nitrogens with one attached hydrogen (secondary N) is 1. The van der Waals surface area contributed by atoms with E-state index in [2.05, 4.69) is 32.4 Å². The molecule has 1 aromatic carbocycles. The Labute approximate surface area is 154 Å². The van der Waals surface area contributed by atoms with Crippen molar-refractivity contribution in [1.29, 1.82) is 0 Å². The summed E-state index contributed by atoms with van der Waals surface area (Å²) in [6.07, 6.45) is 1.15. The molecule has 3 rings (SSSR count). The van der Waals surface area contributed by atoms with Crippen LogP contribution in [0.5, 0.6) is 0 Å². The van der Waals surface area contributed by atoms with E-state index in [0.29, 0.717) is 0 Å². The summed E-state index contributed by atoms with van der Waals surface area (Å²) in [4.78, 5) is 4.96. The minimum absolute atomic E-state index is 0.810. The predicted octanol–water partition coefficient (Wildman–Crippen LogP) is 3.25. The third-order valence-electron chi connectivity index (χ3n) is 4.86. The van der Waals surface area contributed by atoms with Gasteiger partial charge in [0.25, 0.3) is 0 Å². The van der Waals surface area contributed by atoms with Gasteiger partial charge in [-0.3, -0.25) is 4.90 Å². The van der Waals surface area contributed by atoms with Crippen molar-refractivity contribution < 1.29 is 4.52 Å². The Kier molecular flexibility index (Phi) is 6.34. The molecule has 5 nitrogen and oxygen atoms in total. The van der Waals surface area contributed by atoms with E-state index in [4.69, 9.17) is 16.1 Å². The average molecular weight is 363 g/mol. The van der Waals surface area contributed by atoms with Crippen molar-refractivity contribution in [3.63, 3.8) is 0 Å². The second-order valence-electron chi connectivity index (χ2n) is 6.64. The van der Waals surface area contributed by atoms with Gasteiger partial charge in [0.05, 0.1) is 5.69 Å². The summed E-state index contributed by atoms with van der Waals surface area (Å²) in [7, 11) is 0. The molecule has 25 heavy (non-hydrogen) atoms. The molecule has 0 unspecified atom stereocenters. The van der Waals surface area contributed by atoms with Crippen LogP contribution in [-0.2, 0) is 6.54 Å². The SMILES string of the molecule is Cc1noc(C)c1CNCCCN1CCN(c2cccc(Cl)c2)CC1. The number of hydrogen-bond donors (Lipinski definition) is 1. The highest BCUT2D eigenvalue weighted by atomic mass is 35.5. The Morgan fingerprint density at radius 1 is 1.20 bits per heavy atom. The maximum absolute atomic E-state index is 6.09. The molecule has 0 atom stereocenters. The number of nitrogens with zero attached hydrogens (tertiary/aromatic N) is 3. The van der Waals surface area contributed by atoms with Crippen LogP contribution >= 0.6 is 11.6 Å². The quantitative estimate of drug-likeness (QED) is 0.766. The summed E-state index contributed by atoms with van der Waals surface area (Å²) < 4.78 is 5.19. The molecule has 136 valence electrons. The fraction of sp³-hybridized carbons (Fsp3) is 0.526. The lowest BCUT2D eigenvalue weighted by atomic mass is 10.2. The number of rotatable bonds is 7. The third-order valence-corrected chi connectivity index (χ3v) is 5.09. The van der Waals surface area contributed by atoms with Crippen molar-refractivity contribution in [2.45, 2.75) is 26.8 Å². The minimum Gasteiger partial charge on any atom is -0.369 e. The van der Waals surface area contributed by atoms with E-state index in [1.807, 2.05) is 26.0 Å². The summed E-state index contributed by atoms with van der Waals surface area (Å²) in [6.45, 7) is 11.3. The smallest absolute Gasteiger partial charge is 0.138 e. The zero-order chi connectivity index (χ0) is 17.6. The summed E-state index contributed by atoms with van der Waals surface area (Å²) >= 11 is 6.09. The highest BCUT2D eigenvalue weighted by molar-refractivity contribution is 6.30. The lowest BCUT2D eigenvalue weighted by Crippen LogP contribution is -2.47. The van der Waals surface area contributed by atoms with Crippen LogP contribution in [0.1, 0.15) is 23.4 Å². The maximum atomic E-state index is 6.09. The van der Waals surface area contributed by atoms with Crippen LogP contribution in [0.4, 0.5) is 5.69 Å². The second kappa shape index (κ2) is 8.70. The van der Waals surface area contributed by atoms with Crippen molar-refractivity contribution in [2.75, 3.05) is 44.2 Å². The van der Waals surface area contributed by atoms with Gasteiger partial charge in [0.2, 0.25) is 0 Å². The molecule has 6 heteroatoms. The summed E-state index contributed by atoms with van der Waals surface area (Å²) in [6, 6.07) is 8.14.